The van der Waals surface area contributed by atoms with Crippen LogP contribution < -0.4 is 5.73 Å². The van der Waals surface area contributed by atoms with Crippen LogP contribution in [0.2, 0.25) is 0 Å². The maximum Gasteiger partial charge on any atom is 0.405 e. The summed E-state index contributed by atoms with van der Waals surface area (Å²) in [5.41, 5.74) is 5.08. The van der Waals surface area contributed by atoms with Crippen molar-refractivity contribution in [1.82, 2.24) is 4.90 Å². The molecule has 0 aliphatic carbocycles. The molecule has 0 aromatic carbocycles. The van der Waals surface area contributed by atoms with E-state index < -0.39 is 12.2 Å². The van der Waals surface area contributed by atoms with Gasteiger partial charge < -0.3 is 5.73 Å². The molecule has 1 saturated heterocycles. The van der Waals surface area contributed by atoms with Gasteiger partial charge in [0.1, 0.15) is 6.04 Å². The fraction of sp³-hybridized carbons (Fsp3) is 1.00. The lowest BCUT2D eigenvalue weighted by molar-refractivity contribution is -0.178. The second-order valence-electron chi connectivity index (χ2n) is 3.04. The van der Waals surface area contributed by atoms with Crippen LogP contribution >= 0.6 is 12.4 Å². The summed E-state index contributed by atoms with van der Waals surface area (Å²) in [7, 11) is 0. The van der Waals surface area contributed by atoms with Crippen LogP contribution in [-0.2, 0) is 0 Å². The lowest BCUT2D eigenvalue weighted by atomic mass is 10.2. The van der Waals surface area contributed by atoms with Gasteiger partial charge in [0.05, 0.1) is 0 Å². The Kier molecular flexibility index (Phi) is 5.02. The van der Waals surface area contributed by atoms with E-state index in [0.717, 1.165) is 12.8 Å². The van der Waals surface area contributed by atoms with E-state index in [9.17, 15) is 13.2 Å². The molecule has 1 aliphatic heterocycles. The van der Waals surface area contributed by atoms with E-state index in [0.29, 0.717) is 13.1 Å². The fourth-order valence-electron chi connectivity index (χ4n) is 1.54. The largest absolute Gasteiger partial charge is 0.405 e. The molecule has 2 N–H and O–H groups in total. The van der Waals surface area contributed by atoms with Crippen molar-refractivity contribution in [3.8, 4) is 0 Å². The maximum absolute atomic E-state index is 12.3. The highest BCUT2D eigenvalue weighted by atomic mass is 35.5. The van der Waals surface area contributed by atoms with Crippen molar-refractivity contribution in [3.63, 3.8) is 0 Å². The monoisotopic (exact) mass is 218 g/mol. The average Bonchev–Trinajstić information content (AvgIpc) is 2.38. The molecule has 0 amide bonds. The predicted octanol–water partition coefficient (Wildman–Crippen LogP) is 1.39. The number of hydrogen-bond donors (Lipinski definition) is 1. The molecule has 1 heterocycles. The Hall–Kier alpha value is -0.0000000000000000555. The Balaban J connectivity index is 0.00000144. The van der Waals surface area contributed by atoms with E-state index in [4.69, 9.17) is 5.73 Å². The zero-order valence-electron chi connectivity index (χ0n) is 7.18. The van der Waals surface area contributed by atoms with Crippen LogP contribution in [0, 0.1) is 0 Å². The predicted molar refractivity (Wildman–Crippen MR) is 47.0 cm³/mol. The number of nitrogens with two attached hydrogens (primary N) is 1. The van der Waals surface area contributed by atoms with E-state index in [1.165, 1.54) is 4.90 Å². The molecule has 6 heteroatoms. The molecular formula is C7H14ClF3N2. The zero-order chi connectivity index (χ0) is 9.19. The maximum atomic E-state index is 12.3. The number of hydrogen-bond acceptors (Lipinski definition) is 2. The van der Waals surface area contributed by atoms with Gasteiger partial charge in [0, 0.05) is 6.54 Å². The number of halogens is 4. The molecule has 0 bridgehead atoms. The molecule has 80 valence electrons. The molecule has 1 fully saturated rings. The topological polar surface area (TPSA) is 29.3 Å². The van der Waals surface area contributed by atoms with Crippen LogP contribution in [0.1, 0.15) is 12.8 Å². The van der Waals surface area contributed by atoms with Gasteiger partial charge in [-0.1, -0.05) is 0 Å². The quantitative estimate of drug-likeness (QED) is 0.759. The lowest BCUT2D eigenvalue weighted by Gasteiger charge is -2.27. The van der Waals surface area contributed by atoms with Crippen LogP contribution in [0.15, 0.2) is 0 Å². The van der Waals surface area contributed by atoms with Crippen LogP contribution in [-0.4, -0.2) is 36.8 Å². The van der Waals surface area contributed by atoms with Crippen LogP contribution in [0.5, 0.6) is 0 Å². The van der Waals surface area contributed by atoms with Gasteiger partial charge >= 0.3 is 6.18 Å². The van der Waals surface area contributed by atoms with E-state index in [-0.39, 0.29) is 19.0 Å². The third-order valence-corrected chi connectivity index (χ3v) is 2.18. The molecule has 0 aromatic heterocycles. The van der Waals surface area contributed by atoms with Crippen molar-refractivity contribution in [1.29, 1.82) is 0 Å². The Morgan fingerprint density at radius 3 is 2.00 bits per heavy atom. The molecule has 0 spiro atoms. The van der Waals surface area contributed by atoms with Crippen LogP contribution in [0.4, 0.5) is 13.2 Å². The van der Waals surface area contributed by atoms with Crippen molar-refractivity contribution in [3.05, 3.63) is 0 Å². The molecular weight excluding hydrogens is 205 g/mol. The summed E-state index contributed by atoms with van der Waals surface area (Å²) in [6.07, 6.45) is -2.46. The first-order chi connectivity index (χ1) is 5.55. The van der Waals surface area contributed by atoms with E-state index in [2.05, 4.69) is 0 Å². The minimum absolute atomic E-state index is 0. The summed E-state index contributed by atoms with van der Waals surface area (Å²) in [4.78, 5) is 1.42. The summed E-state index contributed by atoms with van der Waals surface area (Å²) in [5, 5.41) is 0. The fourth-order valence-corrected chi connectivity index (χ4v) is 1.54. The molecule has 13 heavy (non-hydrogen) atoms. The Morgan fingerprint density at radius 2 is 1.69 bits per heavy atom. The highest BCUT2D eigenvalue weighted by Crippen LogP contribution is 2.26. The van der Waals surface area contributed by atoms with Gasteiger partial charge in [0.25, 0.3) is 0 Å². The van der Waals surface area contributed by atoms with Crippen molar-refractivity contribution in [2.75, 3.05) is 19.6 Å². The molecule has 1 aliphatic rings. The summed E-state index contributed by atoms with van der Waals surface area (Å²) >= 11 is 0. The van der Waals surface area contributed by atoms with E-state index >= 15 is 0 Å². The van der Waals surface area contributed by atoms with E-state index in [1.54, 1.807) is 0 Å². The standard InChI is InChI=1S/C7H13F3N2.ClH/c8-7(9,10)6(5-11)12-3-1-2-4-12;/h6H,1-5,11H2;1H. The summed E-state index contributed by atoms with van der Waals surface area (Å²) in [6, 6.07) is -1.43. The molecule has 0 saturated carbocycles. The van der Waals surface area contributed by atoms with Gasteiger partial charge in [-0.3, -0.25) is 4.90 Å². The first-order valence-corrected chi connectivity index (χ1v) is 4.06. The highest BCUT2D eigenvalue weighted by Gasteiger charge is 2.43. The smallest absolute Gasteiger partial charge is 0.329 e. The van der Waals surface area contributed by atoms with Crippen molar-refractivity contribution in [2.24, 2.45) is 5.73 Å². The van der Waals surface area contributed by atoms with Crippen molar-refractivity contribution >= 4 is 12.4 Å². The van der Waals surface area contributed by atoms with E-state index in [1.807, 2.05) is 0 Å². The zero-order valence-corrected chi connectivity index (χ0v) is 8.00. The van der Waals surface area contributed by atoms with Crippen molar-refractivity contribution < 1.29 is 13.2 Å². The highest BCUT2D eigenvalue weighted by molar-refractivity contribution is 5.85. The number of rotatable bonds is 2. The van der Waals surface area contributed by atoms with Crippen LogP contribution in [0.3, 0.4) is 0 Å². The molecule has 1 atom stereocenters. The third-order valence-electron chi connectivity index (χ3n) is 2.18. The minimum atomic E-state index is -4.17. The van der Waals surface area contributed by atoms with Gasteiger partial charge in [-0.15, -0.1) is 12.4 Å². The molecule has 2 nitrogen and oxygen atoms in total. The second-order valence-corrected chi connectivity index (χ2v) is 3.04. The summed E-state index contributed by atoms with van der Waals surface area (Å²) < 4.78 is 36.8. The lowest BCUT2D eigenvalue weighted by Crippen LogP contribution is -2.48. The average molecular weight is 219 g/mol. The summed E-state index contributed by atoms with van der Waals surface area (Å²) in [6.45, 7) is 0.728. The molecule has 0 radical (unpaired) electrons. The van der Waals surface area contributed by atoms with Gasteiger partial charge in [-0.05, 0) is 25.9 Å². The minimum Gasteiger partial charge on any atom is -0.329 e. The van der Waals surface area contributed by atoms with Gasteiger partial charge in [0.15, 0.2) is 0 Å². The SMILES string of the molecule is Cl.NCC(N1CCCC1)C(F)(F)F. The first kappa shape index (κ1) is 13.0. The van der Waals surface area contributed by atoms with Gasteiger partial charge in [-0.25, -0.2) is 0 Å². The second kappa shape index (κ2) is 5.02. The Morgan fingerprint density at radius 1 is 1.23 bits per heavy atom. The number of alkyl halides is 3. The van der Waals surface area contributed by atoms with Gasteiger partial charge in [-0.2, -0.15) is 13.2 Å². The number of likely N-dealkylation sites (tertiary alicyclic amines) is 1. The molecule has 1 rings (SSSR count). The Labute approximate surface area is 81.7 Å². The van der Waals surface area contributed by atoms with Crippen molar-refractivity contribution in [2.45, 2.75) is 25.1 Å². The summed E-state index contributed by atoms with van der Waals surface area (Å²) in [5.74, 6) is 0. The van der Waals surface area contributed by atoms with Gasteiger partial charge in [0.2, 0.25) is 0 Å². The third kappa shape index (κ3) is 3.32. The first-order valence-electron chi connectivity index (χ1n) is 4.06. The van der Waals surface area contributed by atoms with Crippen LogP contribution in [0.25, 0.3) is 0 Å². The Bertz CT molecular complexity index is 145. The molecule has 0 aromatic rings. The normalized spacial score (nSPS) is 21.2. The number of nitrogens with zero attached hydrogens (tertiary/aromatic N) is 1. The molecule has 1 unspecified atom stereocenters.